The summed E-state index contributed by atoms with van der Waals surface area (Å²) in [4.78, 5) is 8.50. The van der Waals surface area contributed by atoms with E-state index in [0.717, 1.165) is 17.8 Å². The van der Waals surface area contributed by atoms with Gasteiger partial charge in [-0.3, -0.25) is 9.98 Å². The molecule has 1 rings (SSSR count). The quantitative estimate of drug-likeness (QED) is 0.568. The van der Waals surface area contributed by atoms with Gasteiger partial charge < -0.3 is 0 Å². The van der Waals surface area contributed by atoms with Gasteiger partial charge in [-0.15, -0.1) is 0 Å². The Morgan fingerprint density at radius 1 is 1.58 bits per heavy atom. The molecule has 1 aliphatic rings. The zero-order valence-corrected chi connectivity index (χ0v) is 7.88. The van der Waals surface area contributed by atoms with Crippen LogP contribution < -0.4 is 0 Å². The van der Waals surface area contributed by atoms with E-state index < -0.39 is 0 Å². The predicted octanol–water partition coefficient (Wildman–Crippen LogP) is 2.46. The van der Waals surface area contributed by atoms with Crippen LogP contribution in [0.15, 0.2) is 22.8 Å². The van der Waals surface area contributed by atoms with Crippen LogP contribution in [0, 0.1) is 5.92 Å². The highest BCUT2D eigenvalue weighted by molar-refractivity contribution is 6.43. The molecule has 1 fully saturated rings. The van der Waals surface area contributed by atoms with E-state index in [2.05, 4.69) is 23.5 Å². The first-order valence-electron chi connectivity index (χ1n) is 4.44. The molecule has 1 saturated carbocycles. The number of rotatable bonds is 1. The molecular formula is C10H16N2. The Morgan fingerprint density at radius 3 is 2.92 bits per heavy atom. The summed E-state index contributed by atoms with van der Waals surface area (Å²) in [6, 6.07) is 0. The van der Waals surface area contributed by atoms with Crippen LogP contribution in [0.2, 0.25) is 0 Å². The fraction of sp³-hybridized carbons (Fsp3) is 0.600. The van der Waals surface area contributed by atoms with E-state index in [-0.39, 0.29) is 0 Å². The van der Waals surface area contributed by atoms with Gasteiger partial charge >= 0.3 is 0 Å². The Kier molecular flexibility index (Phi) is 3.20. The molecule has 0 amide bonds. The fourth-order valence-electron chi connectivity index (χ4n) is 1.65. The smallest absolute Gasteiger partial charge is 0.0641 e. The molecule has 0 bridgehead atoms. The third-order valence-electron chi connectivity index (χ3n) is 2.31. The molecule has 0 spiro atoms. The van der Waals surface area contributed by atoms with E-state index in [1.807, 2.05) is 7.05 Å². The number of aliphatic imine (C=N–C) groups is 2. The first-order chi connectivity index (χ1) is 5.79. The minimum atomic E-state index is 0.551. The van der Waals surface area contributed by atoms with E-state index in [1.54, 1.807) is 6.20 Å². The normalized spacial score (nSPS) is 31.0. The summed E-state index contributed by atoms with van der Waals surface area (Å²) in [6.07, 6.45) is 5.16. The second-order valence-corrected chi connectivity index (χ2v) is 3.16. The maximum Gasteiger partial charge on any atom is 0.0641 e. The molecule has 0 aliphatic heterocycles. The summed E-state index contributed by atoms with van der Waals surface area (Å²) < 4.78 is 0. The van der Waals surface area contributed by atoms with Crippen molar-refractivity contribution in [1.82, 2.24) is 0 Å². The zero-order valence-electron chi connectivity index (χ0n) is 7.88. The summed E-state index contributed by atoms with van der Waals surface area (Å²) in [7, 11) is 1.84. The van der Waals surface area contributed by atoms with Crippen LogP contribution in [0.5, 0.6) is 0 Å². The first kappa shape index (κ1) is 9.17. The van der Waals surface area contributed by atoms with Crippen molar-refractivity contribution in [3.05, 3.63) is 12.8 Å². The van der Waals surface area contributed by atoms with Crippen molar-refractivity contribution in [1.29, 1.82) is 0 Å². The Labute approximate surface area is 74.1 Å². The van der Waals surface area contributed by atoms with Gasteiger partial charge in [0, 0.05) is 19.2 Å². The Bertz CT molecular complexity index is 226. The van der Waals surface area contributed by atoms with Crippen molar-refractivity contribution in [2.24, 2.45) is 15.9 Å². The van der Waals surface area contributed by atoms with E-state index >= 15 is 0 Å². The van der Waals surface area contributed by atoms with Crippen molar-refractivity contribution in [3.8, 4) is 0 Å². The lowest BCUT2D eigenvalue weighted by Crippen LogP contribution is -2.26. The summed E-state index contributed by atoms with van der Waals surface area (Å²) in [5.41, 5.74) is 2.30. The summed E-state index contributed by atoms with van der Waals surface area (Å²) in [5.74, 6) is 0.551. The average molecular weight is 164 g/mol. The maximum absolute atomic E-state index is 4.27. The number of nitrogens with zero attached hydrogens (tertiary/aromatic N) is 2. The van der Waals surface area contributed by atoms with Gasteiger partial charge in [-0.2, -0.15) is 0 Å². The van der Waals surface area contributed by atoms with Crippen LogP contribution in [-0.2, 0) is 0 Å². The molecule has 0 aromatic rings. The van der Waals surface area contributed by atoms with Crippen molar-refractivity contribution >= 4 is 11.4 Å². The Hall–Kier alpha value is -0.920. The zero-order chi connectivity index (χ0) is 8.97. The van der Waals surface area contributed by atoms with E-state index in [4.69, 9.17) is 0 Å². The van der Waals surface area contributed by atoms with Crippen LogP contribution in [0.4, 0.5) is 0 Å². The van der Waals surface area contributed by atoms with Crippen LogP contribution in [0.3, 0.4) is 0 Å². The lowest BCUT2D eigenvalue weighted by atomic mass is 9.87. The molecule has 1 atom stereocenters. The van der Waals surface area contributed by atoms with Gasteiger partial charge in [0.15, 0.2) is 0 Å². The molecule has 0 aromatic carbocycles. The summed E-state index contributed by atoms with van der Waals surface area (Å²) >= 11 is 0. The van der Waals surface area contributed by atoms with Crippen LogP contribution in [0.25, 0.3) is 0 Å². The SMILES string of the molecule is C=CN=C1C(=NC)CCCC1C. The average Bonchev–Trinajstić information content (AvgIpc) is 2.09. The fourth-order valence-corrected chi connectivity index (χ4v) is 1.65. The second kappa shape index (κ2) is 4.19. The standard InChI is InChI=1S/C10H16N2/c1-4-12-10-8(2)6-5-7-9(10)11-3/h4,8H,1,5-7H2,2-3H3. The minimum absolute atomic E-state index is 0.551. The summed E-state index contributed by atoms with van der Waals surface area (Å²) in [5, 5.41) is 0. The van der Waals surface area contributed by atoms with Crippen LogP contribution in [0.1, 0.15) is 26.2 Å². The minimum Gasteiger partial charge on any atom is -0.291 e. The highest BCUT2D eigenvalue weighted by atomic mass is 14.8. The molecule has 1 aliphatic carbocycles. The number of hydrogen-bond acceptors (Lipinski definition) is 2. The van der Waals surface area contributed by atoms with Gasteiger partial charge in [0.1, 0.15) is 0 Å². The van der Waals surface area contributed by atoms with Crippen molar-refractivity contribution < 1.29 is 0 Å². The molecule has 0 radical (unpaired) electrons. The van der Waals surface area contributed by atoms with Crippen LogP contribution in [-0.4, -0.2) is 18.5 Å². The monoisotopic (exact) mass is 164 g/mol. The third kappa shape index (κ3) is 1.81. The lowest BCUT2D eigenvalue weighted by molar-refractivity contribution is 0.633. The molecule has 66 valence electrons. The second-order valence-electron chi connectivity index (χ2n) is 3.16. The van der Waals surface area contributed by atoms with Crippen molar-refractivity contribution in [3.63, 3.8) is 0 Å². The van der Waals surface area contributed by atoms with E-state index in [1.165, 1.54) is 12.8 Å². The molecular weight excluding hydrogens is 148 g/mol. The number of hydrogen-bond donors (Lipinski definition) is 0. The maximum atomic E-state index is 4.27. The van der Waals surface area contributed by atoms with Gasteiger partial charge in [-0.25, -0.2) is 0 Å². The van der Waals surface area contributed by atoms with E-state index in [0.29, 0.717) is 5.92 Å². The molecule has 1 unspecified atom stereocenters. The molecule has 0 saturated heterocycles. The molecule has 12 heavy (non-hydrogen) atoms. The first-order valence-corrected chi connectivity index (χ1v) is 4.44. The van der Waals surface area contributed by atoms with Gasteiger partial charge in [-0.1, -0.05) is 13.5 Å². The highest BCUT2D eigenvalue weighted by Crippen LogP contribution is 2.19. The molecule has 0 heterocycles. The Balaban J connectivity index is 2.87. The molecule has 0 N–H and O–H groups in total. The lowest BCUT2D eigenvalue weighted by Gasteiger charge is -2.21. The van der Waals surface area contributed by atoms with Gasteiger partial charge in [0.25, 0.3) is 0 Å². The van der Waals surface area contributed by atoms with Gasteiger partial charge in [-0.05, 0) is 19.3 Å². The van der Waals surface area contributed by atoms with Crippen LogP contribution >= 0.6 is 0 Å². The van der Waals surface area contributed by atoms with Crippen molar-refractivity contribution in [2.45, 2.75) is 26.2 Å². The van der Waals surface area contributed by atoms with E-state index in [9.17, 15) is 0 Å². The topological polar surface area (TPSA) is 24.7 Å². The predicted molar refractivity (Wildman–Crippen MR) is 54.0 cm³/mol. The van der Waals surface area contributed by atoms with Gasteiger partial charge in [0.2, 0.25) is 0 Å². The highest BCUT2D eigenvalue weighted by Gasteiger charge is 2.20. The largest absolute Gasteiger partial charge is 0.291 e. The summed E-state index contributed by atoms with van der Waals surface area (Å²) in [6.45, 7) is 5.82. The van der Waals surface area contributed by atoms with Gasteiger partial charge in [0.05, 0.1) is 11.4 Å². The molecule has 2 heteroatoms. The molecule has 2 nitrogen and oxygen atoms in total. The Morgan fingerprint density at radius 2 is 2.33 bits per heavy atom. The third-order valence-corrected chi connectivity index (χ3v) is 2.31. The molecule has 0 aromatic heterocycles. The van der Waals surface area contributed by atoms with Crippen molar-refractivity contribution in [2.75, 3.05) is 7.05 Å².